The highest BCUT2D eigenvalue weighted by atomic mass is 32.2. The van der Waals surface area contributed by atoms with Gasteiger partial charge in [0.1, 0.15) is 0 Å². The number of benzene rings is 2. The molecule has 3 aromatic rings. The molecule has 1 aliphatic heterocycles. The van der Waals surface area contributed by atoms with Crippen molar-refractivity contribution in [3.05, 3.63) is 92.4 Å². The maximum atomic E-state index is 13.6. The summed E-state index contributed by atoms with van der Waals surface area (Å²) in [6.07, 6.45) is 3.07. The lowest BCUT2D eigenvalue weighted by atomic mass is 9.86. The molecule has 196 valence electrons. The van der Waals surface area contributed by atoms with Crippen LogP contribution in [-0.2, 0) is 36.6 Å². The zero-order valence-corrected chi connectivity index (χ0v) is 23.8. The average molecular weight is 518 g/mol. The van der Waals surface area contributed by atoms with Crippen molar-refractivity contribution >= 4 is 17.7 Å². The lowest BCUT2D eigenvalue weighted by molar-refractivity contribution is -0.131. The molecule has 1 aromatic heterocycles. The maximum absolute atomic E-state index is 13.6. The number of aromatic nitrogens is 2. The van der Waals surface area contributed by atoms with Crippen LogP contribution in [-0.4, -0.2) is 32.2 Å². The Kier molecular flexibility index (Phi) is 8.27. The fraction of sp³-hybridized carbons (Fsp3) is 0.452. The smallest absolute Gasteiger partial charge is 0.257 e. The van der Waals surface area contributed by atoms with Crippen LogP contribution in [0.4, 0.5) is 0 Å². The van der Waals surface area contributed by atoms with E-state index in [2.05, 4.69) is 70.2 Å². The molecule has 0 bridgehead atoms. The molecule has 1 atom stereocenters. The van der Waals surface area contributed by atoms with E-state index in [4.69, 9.17) is 4.98 Å². The average Bonchev–Trinajstić information content (AvgIpc) is 2.88. The van der Waals surface area contributed by atoms with Crippen LogP contribution in [0.15, 0.2) is 58.5 Å². The first-order chi connectivity index (χ1) is 17.6. The number of amides is 1. The van der Waals surface area contributed by atoms with Gasteiger partial charge in [-0.25, -0.2) is 4.98 Å². The second-order valence-electron chi connectivity index (χ2n) is 11.1. The van der Waals surface area contributed by atoms with Crippen molar-refractivity contribution in [1.29, 1.82) is 0 Å². The molecule has 0 spiro atoms. The van der Waals surface area contributed by atoms with Crippen molar-refractivity contribution in [1.82, 2.24) is 14.5 Å². The van der Waals surface area contributed by atoms with Crippen molar-refractivity contribution < 1.29 is 4.79 Å². The summed E-state index contributed by atoms with van der Waals surface area (Å²) >= 11 is 1.43. The lowest BCUT2D eigenvalue weighted by Crippen LogP contribution is -2.41. The van der Waals surface area contributed by atoms with Gasteiger partial charge in [-0.1, -0.05) is 94.4 Å². The van der Waals surface area contributed by atoms with Gasteiger partial charge < -0.3 is 4.90 Å². The van der Waals surface area contributed by atoms with Crippen molar-refractivity contribution in [2.45, 2.75) is 82.7 Å². The van der Waals surface area contributed by atoms with E-state index < -0.39 is 0 Å². The van der Waals surface area contributed by atoms with Gasteiger partial charge >= 0.3 is 0 Å². The second kappa shape index (κ2) is 11.3. The number of aryl methyl sites for hydroxylation is 1. The number of rotatable bonds is 7. The van der Waals surface area contributed by atoms with Gasteiger partial charge in [-0.15, -0.1) is 0 Å². The summed E-state index contributed by atoms with van der Waals surface area (Å²) < 4.78 is 1.62. The van der Waals surface area contributed by atoms with Crippen molar-refractivity contribution in [2.24, 2.45) is 7.05 Å². The minimum Gasteiger partial charge on any atom is -0.337 e. The normalized spacial score (nSPS) is 14.4. The quantitative estimate of drug-likeness (QED) is 0.293. The van der Waals surface area contributed by atoms with E-state index in [1.54, 1.807) is 11.6 Å². The topological polar surface area (TPSA) is 55.2 Å². The molecule has 0 saturated carbocycles. The van der Waals surface area contributed by atoms with Crippen LogP contribution in [0.2, 0.25) is 0 Å². The van der Waals surface area contributed by atoms with Crippen molar-refractivity contribution in [2.75, 3.05) is 6.54 Å². The summed E-state index contributed by atoms with van der Waals surface area (Å²) in [6, 6.07) is 16.9. The molecule has 37 heavy (non-hydrogen) atoms. The van der Waals surface area contributed by atoms with E-state index in [-0.39, 0.29) is 22.1 Å². The third kappa shape index (κ3) is 6.18. The number of hydrogen-bond donors (Lipinski definition) is 0. The first kappa shape index (κ1) is 27.2. The fourth-order valence-electron chi connectivity index (χ4n) is 4.88. The number of nitrogens with zero attached hydrogens (tertiary/aromatic N) is 3. The number of fused-ring (bicyclic) bond motifs is 1. The second-order valence-corrected chi connectivity index (χ2v) is 12.3. The van der Waals surface area contributed by atoms with Crippen molar-refractivity contribution in [3.63, 3.8) is 0 Å². The molecule has 6 heteroatoms. The largest absolute Gasteiger partial charge is 0.337 e. The molecule has 2 aromatic carbocycles. The number of thioether (sulfide) groups is 1. The number of carbonyl (C=O) groups excluding carboxylic acids is 1. The zero-order valence-electron chi connectivity index (χ0n) is 23.0. The zero-order chi connectivity index (χ0) is 26.7. The molecule has 2 heterocycles. The van der Waals surface area contributed by atoms with Crippen LogP contribution in [0, 0.1) is 6.92 Å². The summed E-state index contributed by atoms with van der Waals surface area (Å²) in [7, 11) is 1.77. The Morgan fingerprint density at radius 3 is 2.41 bits per heavy atom. The molecule has 5 nitrogen and oxygen atoms in total. The van der Waals surface area contributed by atoms with Crippen LogP contribution >= 0.6 is 11.8 Å². The Balaban J connectivity index is 1.53. The Labute approximate surface area is 225 Å². The first-order valence-corrected chi connectivity index (χ1v) is 14.1. The molecule has 4 rings (SSSR count). The van der Waals surface area contributed by atoms with E-state index >= 15 is 0 Å². The van der Waals surface area contributed by atoms with E-state index in [0.717, 1.165) is 37.1 Å². The minimum atomic E-state index is -0.261. The van der Waals surface area contributed by atoms with E-state index in [9.17, 15) is 9.59 Å². The monoisotopic (exact) mass is 517 g/mol. The SMILES string of the molecule is CCCC(Sc1nc(C)c(Cc2ccc(C(C)(C)C)cc2)c(=O)n1C)C(=O)N1CCc2ccccc2C1. The summed E-state index contributed by atoms with van der Waals surface area (Å²) in [5.41, 5.74) is 6.42. The Bertz CT molecular complexity index is 1320. The summed E-state index contributed by atoms with van der Waals surface area (Å²) in [4.78, 5) is 33.8. The van der Waals surface area contributed by atoms with Crippen LogP contribution < -0.4 is 5.56 Å². The standard InChI is InChI=1S/C31H39N3O2S/c1-7-10-27(29(36)34-18-17-23-11-8-9-12-24(23)20-34)37-30-32-21(2)26(28(35)33(30)6)19-22-13-15-25(16-14-22)31(3,4)5/h8-9,11-16,27H,7,10,17-20H2,1-6H3. The Morgan fingerprint density at radius 2 is 1.76 bits per heavy atom. The van der Waals surface area contributed by atoms with Gasteiger partial charge in [-0.2, -0.15) is 0 Å². The van der Waals surface area contributed by atoms with Gasteiger partial charge in [-0.3, -0.25) is 14.2 Å². The van der Waals surface area contributed by atoms with Gasteiger partial charge in [0, 0.05) is 37.8 Å². The molecule has 1 unspecified atom stereocenters. The molecule has 0 aliphatic carbocycles. The highest BCUT2D eigenvalue weighted by Crippen LogP contribution is 2.29. The molecule has 0 N–H and O–H groups in total. The minimum absolute atomic E-state index is 0.0375. The van der Waals surface area contributed by atoms with E-state index in [1.807, 2.05) is 17.9 Å². The molecule has 1 amide bonds. The van der Waals surface area contributed by atoms with Gasteiger partial charge in [0.25, 0.3) is 5.56 Å². The summed E-state index contributed by atoms with van der Waals surface area (Å²) in [5, 5.41) is 0.349. The Morgan fingerprint density at radius 1 is 1.08 bits per heavy atom. The summed E-state index contributed by atoms with van der Waals surface area (Å²) in [5.74, 6) is 0.135. The van der Waals surface area contributed by atoms with Crippen LogP contribution in [0.5, 0.6) is 0 Å². The van der Waals surface area contributed by atoms with E-state index in [0.29, 0.717) is 23.7 Å². The molecule has 0 radical (unpaired) electrons. The molecule has 1 aliphatic rings. The predicted octanol–water partition coefficient (Wildman–Crippen LogP) is 5.82. The third-order valence-electron chi connectivity index (χ3n) is 7.27. The number of hydrogen-bond acceptors (Lipinski definition) is 4. The third-order valence-corrected chi connectivity index (χ3v) is 8.56. The van der Waals surface area contributed by atoms with Crippen molar-refractivity contribution in [3.8, 4) is 0 Å². The predicted molar refractivity (Wildman–Crippen MR) is 152 cm³/mol. The first-order valence-electron chi connectivity index (χ1n) is 13.3. The molecular formula is C31H39N3O2S. The Hall–Kier alpha value is -2.86. The van der Waals surface area contributed by atoms with Gasteiger partial charge in [0.2, 0.25) is 5.91 Å². The fourth-order valence-corrected chi connectivity index (χ4v) is 6.16. The van der Waals surface area contributed by atoms with Crippen LogP contribution in [0.1, 0.15) is 74.0 Å². The lowest BCUT2D eigenvalue weighted by Gasteiger charge is -2.31. The van der Waals surface area contributed by atoms with E-state index in [1.165, 1.54) is 28.5 Å². The molecule has 0 fully saturated rings. The number of carbonyl (C=O) groups is 1. The highest BCUT2D eigenvalue weighted by molar-refractivity contribution is 8.00. The highest BCUT2D eigenvalue weighted by Gasteiger charge is 2.29. The molecular weight excluding hydrogens is 478 g/mol. The van der Waals surface area contributed by atoms with Crippen LogP contribution in [0.25, 0.3) is 0 Å². The van der Waals surface area contributed by atoms with Gasteiger partial charge in [0.05, 0.1) is 5.25 Å². The van der Waals surface area contributed by atoms with Gasteiger partial charge in [0.15, 0.2) is 5.16 Å². The maximum Gasteiger partial charge on any atom is 0.257 e. The van der Waals surface area contributed by atoms with Crippen LogP contribution in [0.3, 0.4) is 0 Å². The summed E-state index contributed by atoms with van der Waals surface area (Å²) in [6.45, 7) is 12.0. The van der Waals surface area contributed by atoms with Gasteiger partial charge in [-0.05, 0) is 47.4 Å². The molecule has 0 saturated heterocycles.